The quantitative estimate of drug-likeness (QED) is 0.120. The normalized spacial score (nSPS) is 14.9. The van der Waals surface area contributed by atoms with E-state index in [9.17, 15) is 4.79 Å². The summed E-state index contributed by atoms with van der Waals surface area (Å²) in [6, 6.07) is 0. The summed E-state index contributed by atoms with van der Waals surface area (Å²) in [7, 11) is 1.43. The van der Waals surface area contributed by atoms with Gasteiger partial charge in [-0.05, 0) is 18.8 Å². The molecule has 0 N–H and O–H groups in total. The van der Waals surface area contributed by atoms with Crippen LogP contribution in [0.4, 0.5) is 0 Å². The first-order valence-electron chi connectivity index (χ1n) is 8.23. The first-order chi connectivity index (χ1) is 13.2. The SMILES string of the molecule is CCCON=C1C=C(Oc2ncnc(SC)c2OC(=O)C=COC)C=CC1. The molecule has 2 rings (SSSR count). The third-order valence-electron chi connectivity index (χ3n) is 3.08. The molecule has 144 valence electrons. The smallest absolute Gasteiger partial charge is 0.339 e. The van der Waals surface area contributed by atoms with E-state index in [1.807, 2.05) is 19.3 Å². The first kappa shape index (κ1) is 20.5. The van der Waals surface area contributed by atoms with Crippen molar-refractivity contribution >= 4 is 23.4 Å². The van der Waals surface area contributed by atoms with Gasteiger partial charge in [0.15, 0.2) is 0 Å². The van der Waals surface area contributed by atoms with Crippen molar-refractivity contribution in [1.29, 1.82) is 0 Å². The molecule has 8 nitrogen and oxygen atoms in total. The summed E-state index contributed by atoms with van der Waals surface area (Å²) >= 11 is 1.31. The van der Waals surface area contributed by atoms with Crippen LogP contribution in [0.3, 0.4) is 0 Å². The molecule has 9 heteroatoms. The van der Waals surface area contributed by atoms with Crippen LogP contribution in [0.1, 0.15) is 19.8 Å². The zero-order valence-electron chi connectivity index (χ0n) is 15.4. The number of oxime groups is 1. The molecule has 1 aliphatic carbocycles. The number of nitrogens with zero attached hydrogens (tertiary/aromatic N) is 3. The van der Waals surface area contributed by atoms with Crippen molar-refractivity contribution < 1.29 is 23.8 Å². The fourth-order valence-corrected chi connectivity index (χ4v) is 2.40. The summed E-state index contributed by atoms with van der Waals surface area (Å²) in [6.07, 6.45) is 12.5. The van der Waals surface area contributed by atoms with Gasteiger partial charge in [-0.15, -0.1) is 11.8 Å². The van der Waals surface area contributed by atoms with Crippen molar-refractivity contribution in [2.45, 2.75) is 24.8 Å². The minimum Gasteiger partial charge on any atom is -0.504 e. The van der Waals surface area contributed by atoms with Crippen molar-refractivity contribution in [3.05, 3.63) is 42.7 Å². The third-order valence-corrected chi connectivity index (χ3v) is 3.76. The topological polar surface area (TPSA) is 92.1 Å². The fraction of sp³-hybridized carbons (Fsp3) is 0.333. The van der Waals surface area contributed by atoms with Crippen LogP contribution >= 0.6 is 11.8 Å². The zero-order chi connectivity index (χ0) is 19.5. The highest BCUT2D eigenvalue weighted by atomic mass is 32.2. The van der Waals surface area contributed by atoms with E-state index >= 15 is 0 Å². The highest BCUT2D eigenvalue weighted by Crippen LogP contribution is 2.34. The van der Waals surface area contributed by atoms with E-state index in [1.54, 1.807) is 12.2 Å². The standard InChI is InChI=1S/C18H21N3O5S/c1-4-9-24-21-13-6-5-7-14(11-13)25-17-16(18(27-3)20-12-19-17)26-15(22)8-10-23-2/h5,7-8,10-12H,4,6,9H2,1-3H3. The molecule has 0 aromatic carbocycles. The summed E-state index contributed by atoms with van der Waals surface area (Å²) in [5.41, 5.74) is 0.724. The molecule has 1 aliphatic rings. The summed E-state index contributed by atoms with van der Waals surface area (Å²) < 4.78 is 15.9. The van der Waals surface area contributed by atoms with Gasteiger partial charge in [0.25, 0.3) is 5.88 Å². The Morgan fingerprint density at radius 1 is 1.41 bits per heavy atom. The predicted molar refractivity (Wildman–Crippen MR) is 102 cm³/mol. The monoisotopic (exact) mass is 391 g/mol. The number of esters is 1. The highest BCUT2D eigenvalue weighted by Gasteiger charge is 2.18. The van der Waals surface area contributed by atoms with Gasteiger partial charge in [0.05, 0.1) is 25.2 Å². The van der Waals surface area contributed by atoms with Crippen molar-refractivity contribution in [3.8, 4) is 11.6 Å². The Labute approximate surface area is 161 Å². The summed E-state index contributed by atoms with van der Waals surface area (Å²) in [6.45, 7) is 2.56. The Balaban J connectivity index is 2.22. The molecule has 0 spiro atoms. The number of hydrogen-bond acceptors (Lipinski definition) is 9. The van der Waals surface area contributed by atoms with E-state index < -0.39 is 5.97 Å². The van der Waals surface area contributed by atoms with Gasteiger partial charge in [-0.1, -0.05) is 18.2 Å². The van der Waals surface area contributed by atoms with Crippen LogP contribution < -0.4 is 9.47 Å². The van der Waals surface area contributed by atoms with Gasteiger partial charge >= 0.3 is 5.97 Å². The van der Waals surface area contributed by atoms with Crippen LogP contribution in [0.25, 0.3) is 0 Å². The Hall–Kier alpha value is -2.81. The van der Waals surface area contributed by atoms with Gasteiger partial charge in [-0.3, -0.25) is 0 Å². The largest absolute Gasteiger partial charge is 0.504 e. The van der Waals surface area contributed by atoms with Crippen molar-refractivity contribution in [1.82, 2.24) is 9.97 Å². The van der Waals surface area contributed by atoms with E-state index in [2.05, 4.69) is 15.1 Å². The van der Waals surface area contributed by atoms with Crippen molar-refractivity contribution in [2.75, 3.05) is 20.0 Å². The second-order valence-corrected chi connectivity index (χ2v) is 5.94. The molecule has 1 aromatic heterocycles. The van der Waals surface area contributed by atoms with Crippen LogP contribution in [-0.2, 0) is 14.4 Å². The molecule has 0 fully saturated rings. The molecule has 0 aliphatic heterocycles. The number of hydrogen-bond donors (Lipinski definition) is 0. The molecule has 0 bridgehead atoms. The Morgan fingerprint density at radius 3 is 3.00 bits per heavy atom. The average molecular weight is 391 g/mol. The third kappa shape index (κ3) is 6.45. The Kier molecular flexibility index (Phi) is 8.37. The van der Waals surface area contributed by atoms with Crippen LogP contribution in [0, 0.1) is 0 Å². The predicted octanol–water partition coefficient (Wildman–Crippen LogP) is 3.27. The number of allylic oxidation sites excluding steroid dienone is 3. The lowest BCUT2D eigenvalue weighted by Gasteiger charge is -2.13. The maximum absolute atomic E-state index is 11.9. The van der Waals surface area contributed by atoms with E-state index in [0.717, 1.165) is 18.2 Å². The molecule has 1 heterocycles. The molecule has 27 heavy (non-hydrogen) atoms. The lowest BCUT2D eigenvalue weighted by atomic mass is 10.1. The number of thioether (sulfide) groups is 1. The molecular weight excluding hydrogens is 370 g/mol. The maximum atomic E-state index is 11.9. The minimum atomic E-state index is -0.629. The number of carbonyl (C=O) groups excluding carboxylic acids is 1. The number of methoxy groups -OCH3 is 1. The molecule has 0 radical (unpaired) electrons. The molecule has 1 aromatic rings. The number of rotatable bonds is 9. The van der Waals surface area contributed by atoms with Gasteiger partial charge in [0.2, 0.25) is 5.75 Å². The van der Waals surface area contributed by atoms with Crippen molar-refractivity contribution in [2.24, 2.45) is 5.16 Å². The van der Waals surface area contributed by atoms with E-state index in [4.69, 9.17) is 19.0 Å². The second kappa shape index (κ2) is 11.0. The van der Waals surface area contributed by atoms with Gasteiger partial charge in [0.1, 0.15) is 23.7 Å². The van der Waals surface area contributed by atoms with Crippen LogP contribution in [-0.4, -0.2) is 41.6 Å². The maximum Gasteiger partial charge on any atom is 0.339 e. The van der Waals surface area contributed by atoms with E-state index in [0.29, 0.717) is 23.8 Å². The van der Waals surface area contributed by atoms with Gasteiger partial charge < -0.3 is 19.0 Å². The van der Waals surface area contributed by atoms with Crippen LogP contribution in [0.5, 0.6) is 11.6 Å². The Bertz CT molecular complexity index is 774. The van der Waals surface area contributed by atoms with Gasteiger partial charge in [0, 0.05) is 12.5 Å². The first-order valence-corrected chi connectivity index (χ1v) is 9.45. The minimum absolute atomic E-state index is 0.125. The second-order valence-electron chi connectivity index (χ2n) is 5.15. The number of aromatic nitrogens is 2. The molecular formula is C18H21N3O5S. The van der Waals surface area contributed by atoms with Crippen molar-refractivity contribution in [3.63, 3.8) is 0 Å². The van der Waals surface area contributed by atoms with Crippen LogP contribution in [0.2, 0.25) is 0 Å². The number of carbonyl (C=O) groups is 1. The highest BCUT2D eigenvalue weighted by molar-refractivity contribution is 7.98. The Morgan fingerprint density at radius 2 is 2.26 bits per heavy atom. The van der Waals surface area contributed by atoms with Gasteiger partial charge in [-0.25, -0.2) is 9.78 Å². The molecule has 0 atom stereocenters. The zero-order valence-corrected chi connectivity index (χ0v) is 16.2. The number of ether oxygens (including phenoxy) is 3. The summed E-state index contributed by atoms with van der Waals surface area (Å²) in [5, 5.41) is 4.54. The summed E-state index contributed by atoms with van der Waals surface area (Å²) in [5.74, 6) is 0.127. The van der Waals surface area contributed by atoms with Crippen LogP contribution in [0.15, 0.2) is 52.8 Å². The molecule has 0 amide bonds. The average Bonchev–Trinajstić information content (AvgIpc) is 2.68. The van der Waals surface area contributed by atoms with E-state index in [1.165, 1.54) is 31.5 Å². The molecule has 0 saturated heterocycles. The van der Waals surface area contributed by atoms with E-state index in [-0.39, 0.29) is 11.6 Å². The van der Waals surface area contributed by atoms with Gasteiger partial charge in [-0.2, -0.15) is 4.98 Å². The molecule has 0 unspecified atom stereocenters. The molecule has 0 saturated carbocycles. The summed E-state index contributed by atoms with van der Waals surface area (Å²) in [4.78, 5) is 25.3. The fourth-order valence-electron chi connectivity index (χ4n) is 1.93. The lowest BCUT2D eigenvalue weighted by Crippen LogP contribution is -2.10. The lowest BCUT2D eigenvalue weighted by molar-refractivity contribution is -0.129.